The average molecular weight is 546 g/mol. The van der Waals surface area contributed by atoms with Crippen LogP contribution in [0.25, 0.3) is 22.3 Å². The monoisotopic (exact) mass is 545 g/mol. The van der Waals surface area contributed by atoms with Crippen molar-refractivity contribution in [1.82, 2.24) is 24.4 Å². The topological polar surface area (TPSA) is 105 Å². The van der Waals surface area contributed by atoms with Crippen LogP contribution < -0.4 is 10.0 Å². The molecule has 2 aromatic heterocycles. The number of benzene rings is 3. The zero-order chi connectivity index (χ0) is 27.4. The SMILES string of the molecule is CN(C)CCCn1cnc2cc(-c3cc(Nc4ccc(NS(=O)(=O)c5ccccc5F)cc4)ncn3)ccc21. The molecule has 0 aliphatic rings. The first-order chi connectivity index (χ1) is 18.8. The summed E-state index contributed by atoms with van der Waals surface area (Å²) in [7, 11) is 0.0867. The summed E-state index contributed by atoms with van der Waals surface area (Å²) < 4.78 is 43.6. The number of fused-ring (bicyclic) bond motifs is 1. The van der Waals surface area contributed by atoms with E-state index < -0.39 is 20.7 Å². The molecule has 11 heteroatoms. The van der Waals surface area contributed by atoms with E-state index in [4.69, 9.17) is 0 Å². The van der Waals surface area contributed by atoms with Gasteiger partial charge in [0.15, 0.2) is 0 Å². The number of nitrogens with zero attached hydrogens (tertiary/aromatic N) is 5. The molecule has 0 radical (unpaired) electrons. The Morgan fingerprint density at radius 1 is 0.923 bits per heavy atom. The minimum absolute atomic E-state index is 0.307. The van der Waals surface area contributed by atoms with Crippen LogP contribution in [-0.4, -0.2) is 53.5 Å². The van der Waals surface area contributed by atoms with Crippen LogP contribution in [0.2, 0.25) is 0 Å². The fraction of sp³-hybridized carbons (Fsp3) is 0.179. The first-order valence-corrected chi connectivity index (χ1v) is 13.8. The molecular formula is C28H28FN7O2S. The summed E-state index contributed by atoms with van der Waals surface area (Å²) in [5.41, 5.74) is 4.65. The number of anilines is 3. The summed E-state index contributed by atoms with van der Waals surface area (Å²) in [5, 5.41) is 3.21. The first-order valence-electron chi connectivity index (χ1n) is 12.3. The molecule has 0 spiro atoms. The third-order valence-electron chi connectivity index (χ3n) is 6.12. The molecule has 0 saturated carbocycles. The molecule has 0 saturated heterocycles. The fourth-order valence-corrected chi connectivity index (χ4v) is 5.32. The highest BCUT2D eigenvalue weighted by atomic mass is 32.2. The molecule has 39 heavy (non-hydrogen) atoms. The van der Waals surface area contributed by atoms with Crippen LogP contribution in [0.4, 0.5) is 21.6 Å². The molecule has 5 rings (SSSR count). The van der Waals surface area contributed by atoms with E-state index in [1.54, 1.807) is 24.3 Å². The predicted molar refractivity (Wildman–Crippen MR) is 151 cm³/mol. The highest BCUT2D eigenvalue weighted by molar-refractivity contribution is 7.92. The van der Waals surface area contributed by atoms with Crippen molar-refractivity contribution in [3.05, 3.63) is 91.3 Å². The van der Waals surface area contributed by atoms with Crippen molar-refractivity contribution in [2.45, 2.75) is 17.9 Å². The van der Waals surface area contributed by atoms with Gasteiger partial charge in [0.2, 0.25) is 0 Å². The fourth-order valence-electron chi connectivity index (χ4n) is 4.18. The summed E-state index contributed by atoms with van der Waals surface area (Å²) in [4.78, 5) is 15.1. The molecular weight excluding hydrogens is 517 g/mol. The Bertz CT molecular complexity index is 1700. The number of hydrogen-bond donors (Lipinski definition) is 2. The van der Waals surface area contributed by atoms with Crippen LogP contribution in [0.3, 0.4) is 0 Å². The normalized spacial score (nSPS) is 11.7. The first kappa shape index (κ1) is 26.3. The van der Waals surface area contributed by atoms with Crippen LogP contribution in [0.5, 0.6) is 0 Å². The third kappa shape index (κ3) is 6.21. The molecule has 0 aliphatic heterocycles. The second kappa shape index (κ2) is 11.2. The van der Waals surface area contributed by atoms with E-state index in [1.807, 2.05) is 24.5 Å². The molecule has 5 aromatic rings. The predicted octanol–water partition coefficient (Wildman–Crippen LogP) is 5.13. The van der Waals surface area contributed by atoms with Gasteiger partial charge in [0, 0.05) is 29.5 Å². The van der Waals surface area contributed by atoms with Crippen molar-refractivity contribution in [3.63, 3.8) is 0 Å². The molecule has 0 aliphatic carbocycles. The number of halogens is 1. The Labute approximate surface area is 226 Å². The summed E-state index contributed by atoms with van der Waals surface area (Å²) in [6.45, 7) is 1.92. The smallest absolute Gasteiger partial charge is 0.264 e. The van der Waals surface area contributed by atoms with Gasteiger partial charge < -0.3 is 14.8 Å². The maximum atomic E-state index is 13.9. The largest absolute Gasteiger partial charge is 0.340 e. The molecule has 0 fully saturated rings. The number of imidazole rings is 1. The molecule has 2 heterocycles. The van der Waals surface area contributed by atoms with Crippen LogP contribution in [-0.2, 0) is 16.6 Å². The van der Waals surface area contributed by atoms with Gasteiger partial charge in [-0.25, -0.2) is 27.8 Å². The van der Waals surface area contributed by atoms with Crippen molar-refractivity contribution in [2.24, 2.45) is 0 Å². The Balaban J connectivity index is 1.28. The number of rotatable bonds is 10. The number of sulfonamides is 1. The maximum absolute atomic E-state index is 13.9. The van der Waals surface area contributed by atoms with Gasteiger partial charge in [-0.3, -0.25) is 4.72 Å². The molecule has 0 amide bonds. The Hall–Kier alpha value is -4.35. The van der Waals surface area contributed by atoms with Crippen LogP contribution in [0.1, 0.15) is 6.42 Å². The van der Waals surface area contributed by atoms with Gasteiger partial charge in [-0.15, -0.1) is 0 Å². The number of nitrogens with one attached hydrogen (secondary N) is 2. The molecule has 0 atom stereocenters. The van der Waals surface area contributed by atoms with Crippen LogP contribution >= 0.6 is 0 Å². The van der Waals surface area contributed by atoms with Crippen LogP contribution in [0, 0.1) is 5.82 Å². The van der Waals surface area contributed by atoms with E-state index in [0.29, 0.717) is 17.2 Å². The van der Waals surface area contributed by atoms with Gasteiger partial charge in [-0.2, -0.15) is 0 Å². The Morgan fingerprint density at radius 2 is 1.69 bits per heavy atom. The summed E-state index contributed by atoms with van der Waals surface area (Å²) >= 11 is 0. The maximum Gasteiger partial charge on any atom is 0.264 e. The van der Waals surface area contributed by atoms with Gasteiger partial charge >= 0.3 is 0 Å². The highest BCUT2D eigenvalue weighted by Gasteiger charge is 2.18. The molecule has 200 valence electrons. The van der Waals surface area contributed by atoms with E-state index in [0.717, 1.165) is 47.9 Å². The van der Waals surface area contributed by atoms with Crippen molar-refractivity contribution < 1.29 is 12.8 Å². The molecule has 0 bridgehead atoms. The van der Waals surface area contributed by atoms with E-state index in [9.17, 15) is 12.8 Å². The average Bonchev–Trinajstić information content (AvgIpc) is 3.32. The zero-order valence-corrected chi connectivity index (χ0v) is 22.4. The van der Waals surface area contributed by atoms with Crippen molar-refractivity contribution in [2.75, 3.05) is 30.7 Å². The number of aromatic nitrogens is 4. The van der Waals surface area contributed by atoms with Crippen LogP contribution in [0.15, 0.2) is 90.3 Å². The number of hydrogen-bond acceptors (Lipinski definition) is 7. The lowest BCUT2D eigenvalue weighted by Gasteiger charge is -2.11. The van der Waals surface area contributed by atoms with Crippen molar-refractivity contribution in [3.8, 4) is 11.3 Å². The molecule has 3 aromatic carbocycles. The summed E-state index contributed by atoms with van der Waals surface area (Å²) in [6, 6.07) is 19.8. The van der Waals surface area contributed by atoms with Gasteiger partial charge in [0.05, 0.1) is 23.1 Å². The molecule has 2 N–H and O–H groups in total. The summed E-state index contributed by atoms with van der Waals surface area (Å²) in [6.07, 6.45) is 4.40. The van der Waals surface area contributed by atoms with Crippen molar-refractivity contribution in [1.29, 1.82) is 0 Å². The zero-order valence-electron chi connectivity index (χ0n) is 21.5. The van der Waals surface area contributed by atoms with E-state index in [2.05, 4.69) is 54.6 Å². The summed E-state index contributed by atoms with van der Waals surface area (Å²) in [5.74, 6) is -0.232. The third-order valence-corrected chi connectivity index (χ3v) is 7.54. The Kier molecular flexibility index (Phi) is 7.53. The van der Waals surface area contributed by atoms with Gasteiger partial charge in [0.25, 0.3) is 10.0 Å². The van der Waals surface area contributed by atoms with Gasteiger partial charge in [-0.05, 0) is 75.6 Å². The lowest BCUT2D eigenvalue weighted by atomic mass is 10.1. The van der Waals surface area contributed by atoms with Gasteiger partial charge in [0.1, 0.15) is 22.9 Å². The molecule has 0 unspecified atom stereocenters. The van der Waals surface area contributed by atoms with E-state index >= 15 is 0 Å². The standard InChI is InChI=1S/C28H28FN7O2S/c1-35(2)14-5-15-36-19-32-25-16-20(8-13-26(25)36)24-17-28(31-18-30-24)33-21-9-11-22(12-10-21)34-39(37,38)27-7-4-3-6-23(27)29/h3-4,6-13,16-19,34H,5,14-15H2,1-2H3,(H,30,31,33). The Morgan fingerprint density at radius 3 is 2.46 bits per heavy atom. The lowest BCUT2D eigenvalue weighted by molar-refractivity contribution is 0.387. The van der Waals surface area contributed by atoms with E-state index in [1.165, 1.54) is 24.5 Å². The minimum atomic E-state index is -4.05. The quantitative estimate of drug-likeness (QED) is 0.251. The van der Waals surface area contributed by atoms with E-state index in [-0.39, 0.29) is 0 Å². The lowest BCUT2D eigenvalue weighted by Crippen LogP contribution is -2.14. The van der Waals surface area contributed by atoms with Crippen molar-refractivity contribution >= 4 is 38.2 Å². The minimum Gasteiger partial charge on any atom is -0.340 e. The van der Waals surface area contributed by atoms with Gasteiger partial charge in [-0.1, -0.05) is 18.2 Å². The second-order valence-corrected chi connectivity index (χ2v) is 11.0. The molecule has 9 nitrogen and oxygen atoms in total. The number of aryl methyl sites for hydroxylation is 1. The highest BCUT2D eigenvalue weighted by Crippen LogP contribution is 2.26. The second-order valence-electron chi connectivity index (χ2n) is 9.33.